The number of pyridine rings is 1. The van der Waals surface area contributed by atoms with Crippen LogP contribution in [0.1, 0.15) is 16.1 Å². The number of fused-ring (bicyclic) bond motifs is 2. The number of anilines is 1. The Hall–Kier alpha value is -2.17. The van der Waals surface area contributed by atoms with E-state index in [0.29, 0.717) is 20.6 Å². The van der Waals surface area contributed by atoms with Crippen molar-refractivity contribution in [3.05, 3.63) is 45.1 Å². The SMILES string of the molecule is O=C(N[C@@H]1Cc2cnccc2N(C[C@@H](O)CO)C1=O)c1cc2sc(Cl)c(Cl)c2[nH]1. The van der Waals surface area contributed by atoms with Gasteiger partial charge in [-0.2, -0.15) is 0 Å². The first-order valence-corrected chi connectivity index (χ1v) is 10.3. The maximum atomic E-state index is 13.0. The summed E-state index contributed by atoms with van der Waals surface area (Å²) in [4.78, 5) is 34.1. The van der Waals surface area contributed by atoms with Crippen molar-refractivity contribution in [3.63, 3.8) is 0 Å². The smallest absolute Gasteiger partial charge is 0.268 e. The number of rotatable bonds is 5. The van der Waals surface area contributed by atoms with E-state index in [0.717, 1.165) is 10.3 Å². The third-order valence-corrected chi connectivity index (χ3v) is 6.62. The number of aromatic amines is 1. The van der Waals surface area contributed by atoms with Crippen LogP contribution in [0, 0.1) is 0 Å². The Balaban J connectivity index is 1.58. The molecular weight excluding hydrogens is 439 g/mol. The van der Waals surface area contributed by atoms with Crippen molar-refractivity contribution in [1.29, 1.82) is 0 Å². The minimum atomic E-state index is -1.10. The van der Waals surface area contributed by atoms with Crippen LogP contribution in [0.3, 0.4) is 0 Å². The predicted molar refractivity (Wildman–Crippen MR) is 111 cm³/mol. The van der Waals surface area contributed by atoms with E-state index in [1.54, 1.807) is 24.5 Å². The van der Waals surface area contributed by atoms with Crippen LogP contribution in [0.25, 0.3) is 10.2 Å². The lowest BCUT2D eigenvalue weighted by Gasteiger charge is -2.35. The number of H-pyrrole nitrogens is 1. The van der Waals surface area contributed by atoms with Crippen LogP contribution < -0.4 is 10.2 Å². The highest BCUT2D eigenvalue weighted by molar-refractivity contribution is 7.23. The third-order valence-electron chi connectivity index (χ3n) is 4.68. The van der Waals surface area contributed by atoms with Gasteiger partial charge in [0, 0.05) is 18.8 Å². The van der Waals surface area contributed by atoms with Gasteiger partial charge < -0.3 is 25.4 Å². The van der Waals surface area contributed by atoms with Gasteiger partial charge in [0.15, 0.2) is 0 Å². The van der Waals surface area contributed by atoms with Crippen LogP contribution in [-0.4, -0.2) is 57.3 Å². The van der Waals surface area contributed by atoms with Gasteiger partial charge in [0.05, 0.1) is 40.2 Å². The van der Waals surface area contributed by atoms with Crippen molar-refractivity contribution in [2.24, 2.45) is 0 Å². The normalized spacial score (nSPS) is 17.4. The number of carbonyl (C=O) groups excluding carboxylic acids is 2. The summed E-state index contributed by atoms with van der Waals surface area (Å²) in [5, 5.41) is 22.1. The molecule has 0 saturated heterocycles. The molecule has 1 aliphatic rings. The molecule has 3 aromatic rings. The lowest BCUT2D eigenvalue weighted by molar-refractivity contribution is -0.121. The monoisotopic (exact) mass is 454 g/mol. The Kier molecular flexibility index (Phi) is 5.50. The van der Waals surface area contributed by atoms with Crippen molar-refractivity contribution < 1.29 is 19.8 Å². The number of carbonyl (C=O) groups is 2. The molecule has 0 aliphatic carbocycles. The summed E-state index contributed by atoms with van der Waals surface area (Å²) >= 11 is 13.4. The fourth-order valence-corrected chi connectivity index (χ4v) is 4.78. The van der Waals surface area contributed by atoms with E-state index in [1.165, 1.54) is 16.2 Å². The van der Waals surface area contributed by atoms with Gasteiger partial charge in [-0.1, -0.05) is 23.2 Å². The summed E-state index contributed by atoms with van der Waals surface area (Å²) in [6.07, 6.45) is 2.33. The number of nitrogens with one attached hydrogen (secondary N) is 2. The highest BCUT2D eigenvalue weighted by Gasteiger charge is 2.35. The maximum absolute atomic E-state index is 13.0. The molecule has 0 spiro atoms. The Bertz CT molecular complexity index is 1100. The van der Waals surface area contributed by atoms with E-state index in [2.05, 4.69) is 15.3 Å². The van der Waals surface area contributed by atoms with Crippen LogP contribution in [0.15, 0.2) is 24.5 Å². The fourth-order valence-electron chi connectivity index (χ4n) is 3.30. The number of aliphatic hydroxyl groups excluding tert-OH is 2. The first-order chi connectivity index (χ1) is 13.9. The number of amides is 2. The van der Waals surface area contributed by atoms with E-state index >= 15 is 0 Å². The van der Waals surface area contributed by atoms with Crippen LogP contribution in [-0.2, 0) is 11.2 Å². The molecule has 0 fully saturated rings. The van der Waals surface area contributed by atoms with Crippen LogP contribution in [0.4, 0.5) is 5.69 Å². The van der Waals surface area contributed by atoms with Gasteiger partial charge in [-0.3, -0.25) is 14.6 Å². The van der Waals surface area contributed by atoms with Crippen LogP contribution >= 0.6 is 34.5 Å². The molecule has 11 heteroatoms. The van der Waals surface area contributed by atoms with Crippen LogP contribution in [0.5, 0.6) is 0 Å². The van der Waals surface area contributed by atoms with E-state index < -0.39 is 24.7 Å². The van der Waals surface area contributed by atoms with Crippen molar-refractivity contribution in [2.45, 2.75) is 18.6 Å². The molecule has 0 unspecified atom stereocenters. The predicted octanol–water partition coefficient (Wildman–Crippen LogP) is 1.97. The summed E-state index contributed by atoms with van der Waals surface area (Å²) < 4.78 is 1.17. The Morgan fingerprint density at radius 3 is 3.00 bits per heavy atom. The van der Waals surface area contributed by atoms with Gasteiger partial charge in [-0.05, 0) is 17.7 Å². The molecule has 2 atom stereocenters. The second-order valence-electron chi connectivity index (χ2n) is 6.63. The molecule has 8 nitrogen and oxygen atoms in total. The number of thiophene rings is 1. The number of hydrogen-bond acceptors (Lipinski definition) is 6. The minimum Gasteiger partial charge on any atom is -0.394 e. The summed E-state index contributed by atoms with van der Waals surface area (Å²) in [5.41, 5.74) is 2.19. The molecule has 3 aromatic heterocycles. The van der Waals surface area contributed by atoms with Crippen LogP contribution in [0.2, 0.25) is 9.36 Å². The average Bonchev–Trinajstić information content (AvgIpc) is 3.24. The fraction of sp³-hybridized carbons (Fsp3) is 0.278. The van der Waals surface area contributed by atoms with Crippen molar-refractivity contribution in [2.75, 3.05) is 18.1 Å². The standard InChI is InChI=1S/C18H16Cl2N4O4S/c19-14-15-13(29-16(14)20)4-10(22-15)17(27)23-11-3-8-5-21-2-1-12(8)24(18(11)28)6-9(26)7-25/h1-2,4-5,9,11,22,25-26H,3,6-7H2,(H,23,27)/t9-,11-/m1/s1. The van der Waals surface area contributed by atoms with E-state index in [9.17, 15) is 14.7 Å². The summed E-state index contributed by atoms with van der Waals surface area (Å²) in [6, 6.07) is 2.45. The second kappa shape index (κ2) is 7.92. The molecule has 4 rings (SSSR count). The molecule has 0 radical (unpaired) electrons. The first kappa shape index (κ1) is 20.1. The zero-order valence-corrected chi connectivity index (χ0v) is 17.2. The van der Waals surface area contributed by atoms with E-state index in [1.807, 2.05) is 0 Å². The Labute approximate surface area is 179 Å². The lowest BCUT2D eigenvalue weighted by atomic mass is 9.98. The first-order valence-electron chi connectivity index (χ1n) is 8.69. The topological polar surface area (TPSA) is 119 Å². The second-order valence-corrected chi connectivity index (χ2v) is 8.66. The highest BCUT2D eigenvalue weighted by atomic mass is 35.5. The molecule has 29 heavy (non-hydrogen) atoms. The lowest BCUT2D eigenvalue weighted by Crippen LogP contribution is -2.54. The molecule has 1 aliphatic heterocycles. The minimum absolute atomic E-state index is 0.0922. The summed E-state index contributed by atoms with van der Waals surface area (Å²) in [6.45, 7) is -0.575. The van der Waals surface area contributed by atoms with Gasteiger partial charge >= 0.3 is 0 Å². The van der Waals surface area contributed by atoms with Crippen molar-refractivity contribution in [1.82, 2.24) is 15.3 Å². The number of β-amino-alcohol motifs (C(OH)–C–C–N with tert-alkyl or cyclic N) is 1. The van der Waals surface area contributed by atoms with Gasteiger partial charge in [0.2, 0.25) is 5.91 Å². The number of halogens is 2. The average molecular weight is 455 g/mol. The molecular formula is C18H16Cl2N4O4S. The number of aromatic nitrogens is 2. The molecule has 0 bridgehead atoms. The van der Waals surface area contributed by atoms with Gasteiger partial charge in [0.1, 0.15) is 16.1 Å². The van der Waals surface area contributed by atoms with Gasteiger partial charge in [0.25, 0.3) is 5.91 Å². The number of hydrogen-bond donors (Lipinski definition) is 4. The van der Waals surface area contributed by atoms with Crippen molar-refractivity contribution in [3.8, 4) is 0 Å². The largest absolute Gasteiger partial charge is 0.394 e. The van der Waals surface area contributed by atoms with Gasteiger partial charge in [-0.25, -0.2) is 0 Å². The molecule has 0 saturated carbocycles. The van der Waals surface area contributed by atoms with Crippen molar-refractivity contribution >= 4 is 62.3 Å². The summed E-state index contributed by atoms with van der Waals surface area (Å²) in [7, 11) is 0. The maximum Gasteiger partial charge on any atom is 0.268 e. The molecule has 2 amide bonds. The highest BCUT2D eigenvalue weighted by Crippen LogP contribution is 2.38. The number of nitrogens with zero attached hydrogens (tertiary/aromatic N) is 2. The van der Waals surface area contributed by atoms with E-state index in [4.69, 9.17) is 28.3 Å². The zero-order chi connectivity index (χ0) is 20.7. The van der Waals surface area contributed by atoms with E-state index in [-0.39, 0.29) is 24.6 Å². The van der Waals surface area contributed by atoms with Gasteiger partial charge in [-0.15, -0.1) is 11.3 Å². The molecule has 4 N–H and O–H groups in total. The zero-order valence-electron chi connectivity index (χ0n) is 14.9. The summed E-state index contributed by atoms with van der Waals surface area (Å²) in [5.74, 6) is -0.840. The molecule has 0 aromatic carbocycles. The number of aliphatic hydroxyl groups is 2. The third kappa shape index (κ3) is 3.72. The molecule has 152 valence electrons. The molecule has 4 heterocycles. The Morgan fingerprint density at radius 1 is 1.48 bits per heavy atom. The quantitative estimate of drug-likeness (QED) is 0.469. The Morgan fingerprint density at radius 2 is 2.28 bits per heavy atom.